The van der Waals surface area contributed by atoms with Crippen molar-refractivity contribution >= 4 is 11.9 Å². The van der Waals surface area contributed by atoms with Crippen molar-refractivity contribution in [2.45, 2.75) is 64.7 Å². The molecule has 0 saturated carbocycles. The van der Waals surface area contributed by atoms with E-state index in [-0.39, 0.29) is 24.0 Å². The number of carbonyl (C=O) groups excluding carboxylic acids is 2. The van der Waals surface area contributed by atoms with Crippen LogP contribution in [0, 0.1) is 13.8 Å². The maximum absolute atomic E-state index is 12.7. The van der Waals surface area contributed by atoms with Crippen LogP contribution in [0.2, 0.25) is 0 Å². The SMILES string of the molecule is CC(=O)N1CCC2C(C1)NC(=O)N2C1CCN(Cc2c(C)cccc2C)CC1. The molecular weight excluding hydrogens is 352 g/mol. The third kappa shape index (κ3) is 3.62. The maximum Gasteiger partial charge on any atom is 0.318 e. The number of fused-ring (bicyclic) bond motifs is 1. The Bertz CT molecular complexity index is 737. The zero-order chi connectivity index (χ0) is 19.8. The minimum atomic E-state index is 0.0635. The van der Waals surface area contributed by atoms with Crippen LogP contribution in [0.4, 0.5) is 4.79 Å². The van der Waals surface area contributed by atoms with Gasteiger partial charge in [0.1, 0.15) is 0 Å². The molecule has 0 bridgehead atoms. The Kier molecular flexibility index (Phi) is 5.32. The Hall–Kier alpha value is -2.08. The Morgan fingerprint density at radius 3 is 2.43 bits per heavy atom. The fraction of sp³-hybridized carbons (Fsp3) is 0.636. The molecule has 2 unspecified atom stereocenters. The number of aryl methyl sites for hydroxylation is 2. The number of nitrogens with one attached hydrogen (secondary N) is 1. The van der Waals surface area contributed by atoms with Crippen LogP contribution < -0.4 is 5.32 Å². The molecule has 3 heterocycles. The minimum Gasteiger partial charge on any atom is -0.341 e. The van der Waals surface area contributed by atoms with Gasteiger partial charge in [0.15, 0.2) is 0 Å². The fourth-order valence-electron chi connectivity index (χ4n) is 5.20. The predicted octanol–water partition coefficient (Wildman–Crippen LogP) is 2.28. The molecule has 28 heavy (non-hydrogen) atoms. The van der Waals surface area contributed by atoms with Gasteiger partial charge in [0.05, 0.1) is 12.1 Å². The first-order chi connectivity index (χ1) is 13.4. The highest BCUT2D eigenvalue weighted by Crippen LogP contribution is 2.29. The molecule has 6 heteroatoms. The van der Waals surface area contributed by atoms with E-state index >= 15 is 0 Å². The largest absolute Gasteiger partial charge is 0.341 e. The summed E-state index contributed by atoms with van der Waals surface area (Å²) in [6.07, 6.45) is 2.93. The highest BCUT2D eigenvalue weighted by atomic mass is 16.2. The monoisotopic (exact) mass is 384 g/mol. The van der Waals surface area contributed by atoms with Gasteiger partial charge in [-0.3, -0.25) is 9.69 Å². The number of hydrogen-bond donors (Lipinski definition) is 1. The lowest BCUT2D eigenvalue weighted by Crippen LogP contribution is -2.55. The molecule has 6 nitrogen and oxygen atoms in total. The highest BCUT2D eigenvalue weighted by molar-refractivity contribution is 5.79. The minimum absolute atomic E-state index is 0.0635. The van der Waals surface area contributed by atoms with E-state index in [2.05, 4.69) is 47.2 Å². The molecule has 1 aromatic carbocycles. The number of hydrogen-bond acceptors (Lipinski definition) is 3. The molecule has 3 aliphatic heterocycles. The van der Waals surface area contributed by atoms with Gasteiger partial charge in [0.25, 0.3) is 0 Å². The first-order valence-electron chi connectivity index (χ1n) is 10.6. The topological polar surface area (TPSA) is 55.9 Å². The number of carbonyl (C=O) groups is 2. The van der Waals surface area contributed by atoms with E-state index in [1.54, 1.807) is 6.92 Å². The normalized spacial score (nSPS) is 26.3. The number of rotatable bonds is 3. The van der Waals surface area contributed by atoms with E-state index < -0.39 is 0 Å². The molecule has 0 aromatic heterocycles. The lowest BCUT2D eigenvalue weighted by molar-refractivity contribution is -0.130. The molecule has 3 fully saturated rings. The van der Waals surface area contributed by atoms with E-state index in [4.69, 9.17) is 0 Å². The molecule has 0 spiro atoms. The van der Waals surface area contributed by atoms with E-state index in [0.717, 1.165) is 45.4 Å². The quantitative estimate of drug-likeness (QED) is 0.870. The van der Waals surface area contributed by atoms with Gasteiger partial charge in [-0.25, -0.2) is 4.79 Å². The Morgan fingerprint density at radius 2 is 1.79 bits per heavy atom. The Balaban J connectivity index is 1.36. The van der Waals surface area contributed by atoms with E-state index in [1.165, 1.54) is 16.7 Å². The molecule has 152 valence electrons. The average molecular weight is 385 g/mol. The summed E-state index contributed by atoms with van der Waals surface area (Å²) in [5.41, 5.74) is 4.17. The summed E-state index contributed by atoms with van der Waals surface area (Å²) in [7, 11) is 0. The van der Waals surface area contributed by atoms with Crippen molar-refractivity contribution in [1.29, 1.82) is 0 Å². The Morgan fingerprint density at radius 1 is 1.11 bits per heavy atom. The van der Waals surface area contributed by atoms with Crippen molar-refractivity contribution in [3.05, 3.63) is 34.9 Å². The second-order valence-corrected chi connectivity index (χ2v) is 8.66. The molecule has 3 aliphatic rings. The molecule has 4 rings (SSSR count). The van der Waals surface area contributed by atoms with Crippen LogP contribution in [-0.4, -0.2) is 70.9 Å². The van der Waals surface area contributed by atoms with Crippen LogP contribution in [0.3, 0.4) is 0 Å². The summed E-state index contributed by atoms with van der Waals surface area (Å²) >= 11 is 0. The summed E-state index contributed by atoms with van der Waals surface area (Å²) in [5.74, 6) is 0.103. The van der Waals surface area contributed by atoms with E-state index in [9.17, 15) is 9.59 Å². The van der Waals surface area contributed by atoms with E-state index in [1.807, 2.05) is 4.90 Å². The summed E-state index contributed by atoms with van der Waals surface area (Å²) in [6.45, 7) is 10.4. The lowest BCUT2D eigenvalue weighted by Gasteiger charge is -2.42. The van der Waals surface area contributed by atoms with Crippen molar-refractivity contribution in [2.75, 3.05) is 26.2 Å². The lowest BCUT2D eigenvalue weighted by atomic mass is 9.95. The molecule has 2 atom stereocenters. The van der Waals surface area contributed by atoms with Crippen molar-refractivity contribution < 1.29 is 9.59 Å². The maximum atomic E-state index is 12.7. The van der Waals surface area contributed by atoms with Gasteiger partial charge >= 0.3 is 6.03 Å². The van der Waals surface area contributed by atoms with Crippen molar-refractivity contribution in [1.82, 2.24) is 20.0 Å². The van der Waals surface area contributed by atoms with Crippen LogP contribution in [0.5, 0.6) is 0 Å². The second-order valence-electron chi connectivity index (χ2n) is 8.66. The number of benzene rings is 1. The summed E-state index contributed by atoms with van der Waals surface area (Å²) < 4.78 is 0. The Labute approximate surface area is 167 Å². The van der Waals surface area contributed by atoms with Crippen molar-refractivity contribution in [3.63, 3.8) is 0 Å². The standard InChI is InChI=1S/C22H32N4O2/c1-15-5-4-6-16(2)19(15)13-24-10-7-18(8-11-24)26-21-9-12-25(17(3)27)14-20(21)23-22(26)28/h4-6,18,20-21H,7-14H2,1-3H3,(H,23,28). The molecule has 0 aliphatic carbocycles. The van der Waals surface area contributed by atoms with Gasteiger partial charge < -0.3 is 15.1 Å². The zero-order valence-corrected chi connectivity index (χ0v) is 17.3. The molecule has 3 amide bonds. The third-order valence-corrected chi connectivity index (χ3v) is 6.90. The molecule has 0 radical (unpaired) electrons. The summed E-state index contributed by atoms with van der Waals surface area (Å²) in [4.78, 5) is 30.8. The van der Waals surface area contributed by atoms with Crippen LogP contribution in [0.1, 0.15) is 42.9 Å². The van der Waals surface area contributed by atoms with Crippen molar-refractivity contribution in [2.24, 2.45) is 0 Å². The third-order valence-electron chi connectivity index (χ3n) is 6.90. The van der Waals surface area contributed by atoms with Gasteiger partial charge in [-0.2, -0.15) is 0 Å². The van der Waals surface area contributed by atoms with Gasteiger partial charge in [0, 0.05) is 45.7 Å². The fourth-order valence-corrected chi connectivity index (χ4v) is 5.20. The van der Waals surface area contributed by atoms with Gasteiger partial charge in [-0.1, -0.05) is 18.2 Å². The first kappa shape index (κ1) is 19.2. The summed E-state index contributed by atoms with van der Waals surface area (Å²) in [6, 6.07) is 7.20. The van der Waals surface area contributed by atoms with Crippen LogP contribution in [-0.2, 0) is 11.3 Å². The van der Waals surface area contributed by atoms with Gasteiger partial charge in [-0.15, -0.1) is 0 Å². The summed E-state index contributed by atoms with van der Waals surface area (Å²) in [5, 5.41) is 3.13. The number of urea groups is 1. The molecule has 1 N–H and O–H groups in total. The van der Waals surface area contributed by atoms with Gasteiger partial charge in [-0.05, 0) is 49.8 Å². The number of likely N-dealkylation sites (tertiary alicyclic amines) is 2. The first-order valence-corrected chi connectivity index (χ1v) is 10.6. The van der Waals surface area contributed by atoms with Crippen LogP contribution in [0.25, 0.3) is 0 Å². The van der Waals surface area contributed by atoms with Crippen LogP contribution in [0.15, 0.2) is 18.2 Å². The smallest absolute Gasteiger partial charge is 0.318 e. The number of piperidine rings is 2. The molecule has 3 saturated heterocycles. The zero-order valence-electron chi connectivity index (χ0n) is 17.3. The highest BCUT2D eigenvalue weighted by Gasteiger charge is 2.46. The average Bonchev–Trinajstić information content (AvgIpc) is 3.00. The van der Waals surface area contributed by atoms with E-state index in [0.29, 0.717) is 12.6 Å². The van der Waals surface area contributed by atoms with Gasteiger partial charge in [0.2, 0.25) is 5.91 Å². The number of nitrogens with zero attached hydrogens (tertiary/aromatic N) is 3. The molecular formula is C22H32N4O2. The van der Waals surface area contributed by atoms with Crippen molar-refractivity contribution in [3.8, 4) is 0 Å². The van der Waals surface area contributed by atoms with Crippen LogP contribution >= 0.6 is 0 Å². The second kappa shape index (κ2) is 7.74. The molecule has 1 aromatic rings. The number of amides is 3. The predicted molar refractivity (Wildman–Crippen MR) is 109 cm³/mol.